The molecule has 1 saturated carbocycles. The first kappa shape index (κ1) is 15.2. The Morgan fingerprint density at radius 3 is 2.56 bits per heavy atom. The number of nitrogens with two attached hydrogens (primary N) is 1. The van der Waals surface area contributed by atoms with Crippen LogP contribution in [-0.4, -0.2) is 34.8 Å². The summed E-state index contributed by atoms with van der Waals surface area (Å²) in [7, 11) is 0. The Bertz CT molecular complexity index is 297. The molecule has 0 aromatic heterocycles. The first-order chi connectivity index (χ1) is 8.29. The maximum Gasteiger partial charge on any atom is 0.139 e. The molecule has 5 nitrogen and oxygen atoms in total. The lowest BCUT2D eigenvalue weighted by Crippen LogP contribution is -2.41. The zero-order valence-corrected chi connectivity index (χ0v) is 11.7. The van der Waals surface area contributed by atoms with Gasteiger partial charge in [-0.25, -0.2) is 0 Å². The van der Waals surface area contributed by atoms with Gasteiger partial charge in [-0.15, -0.1) is 0 Å². The summed E-state index contributed by atoms with van der Waals surface area (Å²) < 4.78 is 0. The van der Waals surface area contributed by atoms with Crippen LogP contribution in [0, 0.1) is 11.3 Å². The van der Waals surface area contributed by atoms with E-state index in [2.05, 4.69) is 24.3 Å². The third-order valence-electron chi connectivity index (χ3n) is 3.50. The molecule has 0 aromatic rings. The van der Waals surface area contributed by atoms with Gasteiger partial charge in [-0.05, 0) is 37.5 Å². The minimum Gasteiger partial charge on any atom is -0.409 e. The highest BCUT2D eigenvalue weighted by atomic mass is 16.4. The molecule has 0 amide bonds. The molecule has 5 N–H and O–H groups in total. The van der Waals surface area contributed by atoms with Gasteiger partial charge in [0.1, 0.15) is 5.84 Å². The summed E-state index contributed by atoms with van der Waals surface area (Å²) in [5.74, 6) is 0.775. The monoisotopic (exact) mass is 257 g/mol. The standard InChI is InChI=1S/C13H27N3O2/c1-10(2)6-12(3,17)8-15-9-13(4-5-13)7-11(14)16-18/h10,15,17-18H,4-9H2,1-3H3,(H2,14,16). The second kappa shape index (κ2) is 5.89. The van der Waals surface area contributed by atoms with Crippen molar-refractivity contribution in [2.45, 2.75) is 52.1 Å². The van der Waals surface area contributed by atoms with Crippen molar-refractivity contribution in [3.63, 3.8) is 0 Å². The van der Waals surface area contributed by atoms with E-state index in [1.165, 1.54) is 0 Å². The van der Waals surface area contributed by atoms with Crippen molar-refractivity contribution < 1.29 is 10.3 Å². The number of hydrogen-bond donors (Lipinski definition) is 4. The van der Waals surface area contributed by atoms with Gasteiger partial charge in [0.25, 0.3) is 0 Å². The molecule has 1 atom stereocenters. The van der Waals surface area contributed by atoms with Gasteiger partial charge in [-0.2, -0.15) is 0 Å². The van der Waals surface area contributed by atoms with E-state index in [1.807, 2.05) is 6.92 Å². The van der Waals surface area contributed by atoms with Crippen molar-refractivity contribution in [2.75, 3.05) is 13.1 Å². The normalized spacial score (nSPS) is 21.9. The van der Waals surface area contributed by atoms with Crippen molar-refractivity contribution in [2.24, 2.45) is 22.2 Å². The Hall–Kier alpha value is -0.810. The molecule has 5 heteroatoms. The minimum absolute atomic E-state index is 0.143. The molecular weight excluding hydrogens is 230 g/mol. The SMILES string of the molecule is CC(C)CC(C)(O)CNCC1(CC(N)=NO)CC1. The lowest BCUT2D eigenvalue weighted by Gasteiger charge is -2.27. The number of nitrogens with zero attached hydrogens (tertiary/aromatic N) is 1. The average Bonchev–Trinajstić information content (AvgIpc) is 2.95. The number of nitrogens with one attached hydrogen (secondary N) is 1. The molecule has 1 aliphatic carbocycles. The molecule has 1 rings (SSSR count). The van der Waals surface area contributed by atoms with Gasteiger partial charge in [-0.1, -0.05) is 19.0 Å². The number of aliphatic hydroxyl groups is 1. The van der Waals surface area contributed by atoms with E-state index in [0.717, 1.165) is 25.8 Å². The molecule has 0 aliphatic heterocycles. The van der Waals surface area contributed by atoms with E-state index in [0.29, 0.717) is 24.7 Å². The summed E-state index contributed by atoms with van der Waals surface area (Å²) in [4.78, 5) is 0. The molecule has 1 aliphatic rings. The Morgan fingerprint density at radius 1 is 1.50 bits per heavy atom. The number of hydrogen-bond acceptors (Lipinski definition) is 4. The fourth-order valence-electron chi connectivity index (χ4n) is 2.56. The predicted octanol–water partition coefficient (Wildman–Crippen LogP) is 1.29. The summed E-state index contributed by atoms with van der Waals surface area (Å²) in [6.07, 6.45) is 3.61. The Balaban J connectivity index is 2.29. The zero-order valence-electron chi connectivity index (χ0n) is 11.7. The molecule has 106 valence electrons. The lowest BCUT2D eigenvalue weighted by atomic mass is 9.94. The summed E-state index contributed by atoms with van der Waals surface area (Å²) in [6.45, 7) is 7.48. The highest BCUT2D eigenvalue weighted by molar-refractivity contribution is 5.80. The summed E-state index contributed by atoms with van der Waals surface area (Å²) in [5.41, 5.74) is 5.02. The third-order valence-corrected chi connectivity index (χ3v) is 3.50. The molecule has 0 aromatic carbocycles. The Kier molecular flexibility index (Phi) is 4.99. The maximum atomic E-state index is 10.2. The van der Waals surface area contributed by atoms with Crippen LogP contribution < -0.4 is 11.1 Å². The van der Waals surface area contributed by atoms with Gasteiger partial charge in [0.15, 0.2) is 0 Å². The molecular formula is C13H27N3O2. The molecule has 0 bridgehead atoms. The molecule has 0 radical (unpaired) electrons. The Morgan fingerprint density at radius 2 is 2.11 bits per heavy atom. The summed E-state index contributed by atoms with van der Waals surface area (Å²) in [5, 5.41) is 25.1. The van der Waals surface area contributed by atoms with Crippen molar-refractivity contribution in [3.05, 3.63) is 0 Å². The highest BCUT2D eigenvalue weighted by Gasteiger charge is 2.43. The first-order valence-corrected chi connectivity index (χ1v) is 6.68. The Labute approximate surface area is 109 Å². The van der Waals surface area contributed by atoms with Crippen LogP contribution in [0.4, 0.5) is 0 Å². The van der Waals surface area contributed by atoms with Crippen LogP contribution in [0.1, 0.15) is 46.5 Å². The molecule has 1 unspecified atom stereocenters. The van der Waals surface area contributed by atoms with Gasteiger partial charge >= 0.3 is 0 Å². The van der Waals surface area contributed by atoms with E-state index in [9.17, 15) is 5.11 Å². The third kappa shape index (κ3) is 5.23. The van der Waals surface area contributed by atoms with Gasteiger partial charge in [-0.3, -0.25) is 0 Å². The van der Waals surface area contributed by atoms with Gasteiger partial charge < -0.3 is 21.4 Å². The number of rotatable bonds is 8. The van der Waals surface area contributed by atoms with Crippen molar-refractivity contribution in [1.29, 1.82) is 0 Å². The zero-order chi connectivity index (χ0) is 13.8. The maximum absolute atomic E-state index is 10.2. The second-order valence-corrected chi connectivity index (χ2v) is 6.47. The summed E-state index contributed by atoms with van der Waals surface area (Å²) in [6, 6.07) is 0. The van der Waals surface area contributed by atoms with Crippen LogP contribution in [0.25, 0.3) is 0 Å². The van der Waals surface area contributed by atoms with E-state index in [4.69, 9.17) is 10.9 Å². The summed E-state index contributed by atoms with van der Waals surface area (Å²) >= 11 is 0. The van der Waals surface area contributed by atoms with Gasteiger partial charge in [0, 0.05) is 19.5 Å². The number of oxime groups is 1. The van der Waals surface area contributed by atoms with Crippen molar-refractivity contribution in [1.82, 2.24) is 5.32 Å². The second-order valence-electron chi connectivity index (χ2n) is 6.47. The van der Waals surface area contributed by atoms with Crippen molar-refractivity contribution in [3.8, 4) is 0 Å². The van der Waals surface area contributed by atoms with Crippen LogP contribution in [0.5, 0.6) is 0 Å². The fraction of sp³-hybridized carbons (Fsp3) is 0.923. The highest BCUT2D eigenvalue weighted by Crippen LogP contribution is 2.48. The van der Waals surface area contributed by atoms with E-state index in [-0.39, 0.29) is 5.41 Å². The van der Waals surface area contributed by atoms with Crippen LogP contribution in [0.2, 0.25) is 0 Å². The van der Waals surface area contributed by atoms with Gasteiger partial charge in [0.05, 0.1) is 5.60 Å². The van der Waals surface area contributed by atoms with E-state index >= 15 is 0 Å². The molecule has 0 heterocycles. The molecule has 1 fully saturated rings. The van der Waals surface area contributed by atoms with E-state index < -0.39 is 5.60 Å². The molecule has 0 saturated heterocycles. The quantitative estimate of drug-likeness (QED) is 0.228. The fourth-order valence-corrected chi connectivity index (χ4v) is 2.56. The average molecular weight is 257 g/mol. The predicted molar refractivity (Wildman–Crippen MR) is 72.6 cm³/mol. The van der Waals surface area contributed by atoms with Crippen LogP contribution in [0.3, 0.4) is 0 Å². The smallest absolute Gasteiger partial charge is 0.139 e. The van der Waals surface area contributed by atoms with Crippen LogP contribution >= 0.6 is 0 Å². The molecule has 18 heavy (non-hydrogen) atoms. The topological polar surface area (TPSA) is 90.9 Å². The van der Waals surface area contributed by atoms with Crippen LogP contribution in [-0.2, 0) is 0 Å². The first-order valence-electron chi connectivity index (χ1n) is 6.68. The van der Waals surface area contributed by atoms with Crippen molar-refractivity contribution >= 4 is 5.84 Å². The van der Waals surface area contributed by atoms with Gasteiger partial charge in [0.2, 0.25) is 0 Å². The minimum atomic E-state index is -0.666. The largest absolute Gasteiger partial charge is 0.409 e. The van der Waals surface area contributed by atoms with E-state index in [1.54, 1.807) is 0 Å². The number of amidine groups is 1. The molecule has 0 spiro atoms. The van der Waals surface area contributed by atoms with Crippen LogP contribution in [0.15, 0.2) is 5.16 Å². The lowest BCUT2D eigenvalue weighted by molar-refractivity contribution is 0.0376.